The van der Waals surface area contributed by atoms with E-state index < -0.39 is 0 Å². The molecule has 0 spiro atoms. The maximum Gasteiger partial charge on any atom is 0.0555 e. The summed E-state index contributed by atoms with van der Waals surface area (Å²) in [4.78, 5) is 2.48. The van der Waals surface area contributed by atoms with E-state index in [1.54, 1.807) is 0 Å². The van der Waals surface area contributed by atoms with Crippen molar-refractivity contribution in [3.05, 3.63) is 108 Å². The monoisotopic (exact) mass is 359 g/mol. The predicted octanol–water partition coefficient (Wildman–Crippen LogP) is 5.45. The lowest BCUT2D eigenvalue weighted by Crippen LogP contribution is -2.36. The first-order valence-electron chi connectivity index (χ1n) is 9.70. The molecule has 2 nitrogen and oxygen atoms in total. The molecule has 27 heavy (non-hydrogen) atoms. The number of rotatable bonds is 8. The van der Waals surface area contributed by atoms with Crippen molar-refractivity contribution >= 4 is 0 Å². The third-order valence-electron chi connectivity index (χ3n) is 5.25. The van der Waals surface area contributed by atoms with Gasteiger partial charge in [0.1, 0.15) is 0 Å². The summed E-state index contributed by atoms with van der Waals surface area (Å²) in [7, 11) is 0. The minimum Gasteiger partial charge on any atom is -0.393 e. The zero-order valence-electron chi connectivity index (χ0n) is 16.2. The lowest BCUT2D eigenvalue weighted by atomic mass is 9.88. The first-order chi connectivity index (χ1) is 13.1. The average Bonchev–Trinajstić information content (AvgIpc) is 2.70. The fourth-order valence-corrected chi connectivity index (χ4v) is 3.65. The Hall–Kier alpha value is -2.42. The molecule has 3 atom stereocenters. The van der Waals surface area contributed by atoms with E-state index >= 15 is 0 Å². The lowest BCUT2D eigenvalue weighted by Gasteiger charge is -2.37. The molecular weight excluding hydrogens is 330 g/mol. The van der Waals surface area contributed by atoms with Crippen molar-refractivity contribution in [2.75, 3.05) is 0 Å². The van der Waals surface area contributed by atoms with Crippen LogP contribution in [0.3, 0.4) is 0 Å². The van der Waals surface area contributed by atoms with Gasteiger partial charge in [-0.1, -0.05) is 97.9 Å². The molecule has 1 N–H and O–H groups in total. The molecule has 0 saturated carbocycles. The van der Waals surface area contributed by atoms with Crippen LogP contribution in [0.25, 0.3) is 0 Å². The van der Waals surface area contributed by atoms with E-state index in [1.165, 1.54) is 16.7 Å². The quantitative estimate of drug-likeness (QED) is 0.578. The Balaban J connectivity index is 1.98. The van der Waals surface area contributed by atoms with Crippen molar-refractivity contribution in [1.29, 1.82) is 0 Å². The minimum atomic E-state index is -0.385. The second-order valence-corrected chi connectivity index (χ2v) is 7.33. The molecule has 0 aliphatic carbocycles. The van der Waals surface area contributed by atoms with Gasteiger partial charge in [-0.05, 0) is 23.6 Å². The second kappa shape index (κ2) is 9.50. The molecule has 0 aliphatic rings. The molecule has 140 valence electrons. The van der Waals surface area contributed by atoms with Gasteiger partial charge in [0.2, 0.25) is 0 Å². The van der Waals surface area contributed by atoms with Gasteiger partial charge in [-0.25, -0.2) is 0 Å². The van der Waals surface area contributed by atoms with Crippen LogP contribution in [-0.2, 0) is 13.1 Å². The van der Waals surface area contributed by atoms with E-state index in [-0.39, 0.29) is 18.1 Å². The number of hydrogen-bond acceptors (Lipinski definition) is 2. The van der Waals surface area contributed by atoms with Gasteiger partial charge in [0.15, 0.2) is 0 Å². The summed E-state index contributed by atoms with van der Waals surface area (Å²) in [5.41, 5.74) is 3.82. The molecular formula is C25H29NO. The van der Waals surface area contributed by atoms with E-state index in [9.17, 15) is 5.11 Å². The fourth-order valence-electron chi connectivity index (χ4n) is 3.65. The van der Waals surface area contributed by atoms with Gasteiger partial charge >= 0.3 is 0 Å². The van der Waals surface area contributed by atoms with Crippen LogP contribution in [0.1, 0.15) is 36.6 Å². The molecule has 0 bridgehead atoms. The molecule has 3 aromatic rings. The minimum absolute atomic E-state index is 0.111. The lowest BCUT2D eigenvalue weighted by molar-refractivity contribution is 0.0465. The molecule has 0 unspecified atom stereocenters. The summed E-state index contributed by atoms with van der Waals surface area (Å²) < 4.78 is 0. The second-order valence-electron chi connectivity index (χ2n) is 7.33. The van der Waals surface area contributed by atoms with Gasteiger partial charge in [0, 0.05) is 25.0 Å². The van der Waals surface area contributed by atoms with Crippen molar-refractivity contribution < 1.29 is 5.11 Å². The van der Waals surface area contributed by atoms with E-state index in [4.69, 9.17) is 0 Å². The first-order valence-corrected chi connectivity index (χ1v) is 9.70. The van der Waals surface area contributed by atoms with Crippen LogP contribution in [0.15, 0.2) is 91.0 Å². The predicted molar refractivity (Wildman–Crippen MR) is 112 cm³/mol. The van der Waals surface area contributed by atoms with E-state index in [0.29, 0.717) is 0 Å². The normalized spacial score (nSPS) is 14.7. The Morgan fingerprint density at radius 2 is 1.07 bits per heavy atom. The van der Waals surface area contributed by atoms with Crippen molar-refractivity contribution in [3.8, 4) is 0 Å². The topological polar surface area (TPSA) is 23.5 Å². The molecule has 0 aromatic heterocycles. The third kappa shape index (κ3) is 5.29. The van der Waals surface area contributed by atoms with Crippen LogP contribution < -0.4 is 0 Å². The van der Waals surface area contributed by atoms with Crippen LogP contribution >= 0.6 is 0 Å². The highest BCUT2D eigenvalue weighted by Crippen LogP contribution is 2.33. The summed E-state index contributed by atoms with van der Waals surface area (Å²) >= 11 is 0. The number of aliphatic hydroxyl groups excluding tert-OH is 1. The molecule has 0 amide bonds. The standard InChI is InChI=1S/C25H29NO/c1-20(21(2)27)25(24-16-10-5-11-17-24)26(18-22-12-6-3-7-13-22)19-23-14-8-4-9-15-23/h3-17,20-21,25,27H,18-19H2,1-2H3/t20-,21-,25+/m1/s1. The fraction of sp³-hybridized carbons (Fsp3) is 0.280. The zero-order chi connectivity index (χ0) is 19.1. The van der Waals surface area contributed by atoms with Crippen molar-refractivity contribution in [2.45, 2.75) is 39.1 Å². The molecule has 0 radical (unpaired) electrons. The number of aliphatic hydroxyl groups is 1. The van der Waals surface area contributed by atoms with Crippen molar-refractivity contribution in [3.63, 3.8) is 0 Å². The van der Waals surface area contributed by atoms with Crippen LogP contribution in [0, 0.1) is 5.92 Å². The molecule has 3 aromatic carbocycles. The Morgan fingerprint density at radius 3 is 1.48 bits per heavy atom. The molecule has 0 saturated heterocycles. The largest absolute Gasteiger partial charge is 0.393 e. The van der Waals surface area contributed by atoms with Crippen molar-refractivity contribution in [1.82, 2.24) is 4.90 Å². The van der Waals surface area contributed by atoms with E-state index in [2.05, 4.69) is 96.8 Å². The average molecular weight is 360 g/mol. The van der Waals surface area contributed by atoms with E-state index in [1.807, 2.05) is 13.0 Å². The first kappa shape index (κ1) is 19.3. The van der Waals surface area contributed by atoms with Gasteiger partial charge in [-0.2, -0.15) is 0 Å². The molecule has 3 rings (SSSR count). The molecule has 0 heterocycles. The zero-order valence-corrected chi connectivity index (χ0v) is 16.2. The summed E-state index contributed by atoms with van der Waals surface area (Å²) in [5, 5.41) is 10.4. The Kier molecular flexibility index (Phi) is 6.80. The van der Waals surface area contributed by atoms with Crippen LogP contribution in [-0.4, -0.2) is 16.1 Å². The maximum absolute atomic E-state index is 10.4. The van der Waals surface area contributed by atoms with Crippen molar-refractivity contribution in [2.24, 2.45) is 5.92 Å². The van der Waals surface area contributed by atoms with Gasteiger partial charge < -0.3 is 5.11 Å². The Bertz CT molecular complexity index is 745. The maximum atomic E-state index is 10.4. The SMILES string of the molecule is C[C@@H]([C@@H](c1ccccc1)N(Cc1ccccc1)Cc1ccccc1)[C@@H](C)O. The highest BCUT2D eigenvalue weighted by atomic mass is 16.3. The van der Waals surface area contributed by atoms with Crippen LogP contribution in [0.2, 0.25) is 0 Å². The molecule has 0 aliphatic heterocycles. The summed E-state index contributed by atoms with van der Waals surface area (Å²) in [5.74, 6) is 0.111. The van der Waals surface area contributed by atoms with Crippen LogP contribution in [0.4, 0.5) is 0 Å². The third-order valence-corrected chi connectivity index (χ3v) is 5.25. The number of hydrogen-bond donors (Lipinski definition) is 1. The Morgan fingerprint density at radius 1 is 0.667 bits per heavy atom. The summed E-state index contributed by atoms with van der Waals surface area (Å²) in [6, 6.07) is 31.9. The number of benzene rings is 3. The smallest absolute Gasteiger partial charge is 0.0555 e. The molecule has 0 fully saturated rings. The highest BCUT2D eigenvalue weighted by molar-refractivity contribution is 5.23. The Labute approximate surface area is 163 Å². The summed E-state index contributed by atoms with van der Waals surface area (Å²) in [6.45, 7) is 5.72. The number of nitrogens with zero attached hydrogens (tertiary/aromatic N) is 1. The summed E-state index contributed by atoms with van der Waals surface area (Å²) in [6.07, 6.45) is -0.385. The van der Waals surface area contributed by atoms with E-state index in [0.717, 1.165) is 13.1 Å². The molecule has 2 heteroatoms. The highest BCUT2D eigenvalue weighted by Gasteiger charge is 2.29. The van der Waals surface area contributed by atoms with Gasteiger partial charge in [-0.3, -0.25) is 4.90 Å². The van der Waals surface area contributed by atoms with Gasteiger partial charge in [0.05, 0.1) is 6.10 Å². The van der Waals surface area contributed by atoms with Gasteiger partial charge in [-0.15, -0.1) is 0 Å². The van der Waals surface area contributed by atoms with Gasteiger partial charge in [0.25, 0.3) is 0 Å². The van der Waals surface area contributed by atoms with Crippen LogP contribution in [0.5, 0.6) is 0 Å².